The van der Waals surface area contributed by atoms with Crippen molar-refractivity contribution in [3.05, 3.63) is 41.0 Å². The minimum atomic E-state index is 0.807. The summed E-state index contributed by atoms with van der Waals surface area (Å²) in [5.41, 5.74) is 4.31. The van der Waals surface area contributed by atoms with Crippen LogP contribution in [0.5, 0.6) is 0 Å². The van der Waals surface area contributed by atoms with Gasteiger partial charge in [-0.2, -0.15) is 12.6 Å². The Morgan fingerprint density at radius 1 is 1.43 bits per heavy atom. The number of hydrogen-bond donors (Lipinski definition) is 2. The van der Waals surface area contributed by atoms with Crippen LogP contribution in [0, 0.1) is 0 Å². The zero-order valence-electron chi connectivity index (χ0n) is 8.16. The molecule has 0 aromatic heterocycles. The molecule has 0 bridgehead atoms. The summed E-state index contributed by atoms with van der Waals surface area (Å²) >= 11 is 4.18. The van der Waals surface area contributed by atoms with Gasteiger partial charge in [-0.25, -0.2) is 0 Å². The molecule has 0 fully saturated rings. The molecule has 0 saturated carbocycles. The van der Waals surface area contributed by atoms with Gasteiger partial charge in [0.15, 0.2) is 0 Å². The Labute approximate surface area is 90.6 Å². The SMILES string of the molecule is SCC=Cc1cccc2c1CCNC2. The fraction of sp³-hybridized carbons (Fsp3) is 0.333. The van der Waals surface area contributed by atoms with Crippen molar-refractivity contribution in [2.75, 3.05) is 12.3 Å². The smallest absolute Gasteiger partial charge is 0.0208 e. The van der Waals surface area contributed by atoms with Crippen LogP contribution in [0.2, 0.25) is 0 Å². The van der Waals surface area contributed by atoms with E-state index < -0.39 is 0 Å². The number of benzene rings is 1. The Kier molecular flexibility index (Phi) is 3.27. The van der Waals surface area contributed by atoms with Crippen molar-refractivity contribution in [2.45, 2.75) is 13.0 Å². The molecule has 1 nitrogen and oxygen atoms in total. The monoisotopic (exact) mass is 205 g/mol. The summed E-state index contributed by atoms with van der Waals surface area (Å²) in [4.78, 5) is 0. The molecule has 1 N–H and O–H groups in total. The van der Waals surface area contributed by atoms with Gasteiger partial charge in [0.1, 0.15) is 0 Å². The molecule has 2 heteroatoms. The van der Waals surface area contributed by atoms with E-state index in [9.17, 15) is 0 Å². The molecule has 1 aromatic carbocycles. The zero-order valence-corrected chi connectivity index (χ0v) is 9.06. The van der Waals surface area contributed by atoms with Crippen LogP contribution < -0.4 is 5.32 Å². The fourth-order valence-electron chi connectivity index (χ4n) is 1.90. The second-order valence-corrected chi connectivity index (χ2v) is 3.86. The lowest BCUT2D eigenvalue weighted by atomic mass is 9.95. The van der Waals surface area contributed by atoms with Crippen molar-refractivity contribution in [1.82, 2.24) is 5.32 Å². The van der Waals surface area contributed by atoms with Gasteiger partial charge in [-0.3, -0.25) is 0 Å². The molecule has 74 valence electrons. The summed E-state index contributed by atoms with van der Waals surface area (Å²) in [6.45, 7) is 2.11. The average molecular weight is 205 g/mol. The van der Waals surface area contributed by atoms with Gasteiger partial charge in [0.2, 0.25) is 0 Å². The number of nitrogens with one attached hydrogen (secondary N) is 1. The predicted octanol–water partition coefficient (Wildman–Crippen LogP) is 2.28. The van der Waals surface area contributed by atoms with Crippen molar-refractivity contribution in [2.24, 2.45) is 0 Å². The lowest BCUT2D eigenvalue weighted by molar-refractivity contribution is 0.643. The number of thiol groups is 1. The van der Waals surface area contributed by atoms with Gasteiger partial charge in [-0.15, -0.1) is 0 Å². The van der Waals surface area contributed by atoms with Crippen molar-refractivity contribution in [3.8, 4) is 0 Å². The Hall–Kier alpha value is -0.730. The highest BCUT2D eigenvalue weighted by Crippen LogP contribution is 2.19. The molecule has 1 aromatic rings. The normalized spacial score (nSPS) is 15.8. The van der Waals surface area contributed by atoms with Crippen molar-refractivity contribution in [1.29, 1.82) is 0 Å². The zero-order chi connectivity index (χ0) is 9.80. The minimum Gasteiger partial charge on any atom is -0.312 e. The third-order valence-corrected chi connectivity index (χ3v) is 2.79. The first-order chi connectivity index (χ1) is 6.92. The minimum absolute atomic E-state index is 0.807. The van der Waals surface area contributed by atoms with Gasteiger partial charge in [-0.1, -0.05) is 30.4 Å². The molecule has 0 radical (unpaired) electrons. The predicted molar refractivity (Wildman–Crippen MR) is 64.7 cm³/mol. The van der Waals surface area contributed by atoms with E-state index in [1.807, 2.05) is 0 Å². The summed E-state index contributed by atoms with van der Waals surface area (Å²) < 4.78 is 0. The maximum atomic E-state index is 4.18. The summed E-state index contributed by atoms with van der Waals surface area (Å²) in [5, 5.41) is 3.39. The van der Waals surface area contributed by atoms with Crippen molar-refractivity contribution in [3.63, 3.8) is 0 Å². The molecule has 1 aliphatic rings. The van der Waals surface area contributed by atoms with Gasteiger partial charge in [0, 0.05) is 12.3 Å². The molecule has 0 unspecified atom stereocenters. The fourth-order valence-corrected chi connectivity index (χ4v) is 2.00. The molecule has 2 rings (SSSR count). The first kappa shape index (κ1) is 9.81. The maximum Gasteiger partial charge on any atom is 0.0208 e. The van der Waals surface area contributed by atoms with Crippen molar-refractivity contribution < 1.29 is 0 Å². The lowest BCUT2D eigenvalue weighted by Gasteiger charge is -2.18. The van der Waals surface area contributed by atoms with Gasteiger partial charge in [-0.05, 0) is 29.7 Å². The Morgan fingerprint density at radius 3 is 3.21 bits per heavy atom. The van der Waals surface area contributed by atoms with E-state index in [-0.39, 0.29) is 0 Å². The van der Waals surface area contributed by atoms with E-state index >= 15 is 0 Å². The Morgan fingerprint density at radius 2 is 2.36 bits per heavy atom. The second kappa shape index (κ2) is 4.67. The third kappa shape index (κ3) is 2.02. The molecule has 0 aliphatic carbocycles. The van der Waals surface area contributed by atoms with E-state index in [1.165, 1.54) is 16.7 Å². The van der Waals surface area contributed by atoms with Crippen LogP contribution in [-0.2, 0) is 13.0 Å². The van der Waals surface area contributed by atoms with Crippen LogP contribution >= 0.6 is 12.6 Å². The highest BCUT2D eigenvalue weighted by Gasteiger charge is 2.09. The maximum absolute atomic E-state index is 4.18. The van der Waals surface area contributed by atoms with Crippen LogP contribution in [0.3, 0.4) is 0 Å². The van der Waals surface area contributed by atoms with E-state index in [4.69, 9.17) is 0 Å². The summed E-state index contributed by atoms with van der Waals surface area (Å²) in [6.07, 6.45) is 5.42. The largest absolute Gasteiger partial charge is 0.312 e. The first-order valence-electron chi connectivity index (χ1n) is 5.00. The summed E-state index contributed by atoms with van der Waals surface area (Å²) in [5.74, 6) is 0.807. The van der Waals surface area contributed by atoms with Gasteiger partial charge < -0.3 is 5.32 Å². The van der Waals surface area contributed by atoms with Gasteiger partial charge in [0.05, 0.1) is 0 Å². The molecule has 1 heterocycles. The van der Waals surface area contributed by atoms with Gasteiger partial charge in [0.25, 0.3) is 0 Å². The Balaban J connectivity index is 2.35. The molecular weight excluding hydrogens is 190 g/mol. The molecular formula is C12H15NS. The summed E-state index contributed by atoms with van der Waals surface area (Å²) in [7, 11) is 0. The molecule has 0 spiro atoms. The number of fused-ring (bicyclic) bond motifs is 1. The average Bonchev–Trinajstić information content (AvgIpc) is 2.26. The molecule has 0 amide bonds. The van der Waals surface area contributed by atoms with Crippen LogP contribution in [0.4, 0.5) is 0 Å². The number of rotatable bonds is 2. The van der Waals surface area contributed by atoms with E-state index in [0.29, 0.717) is 0 Å². The molecule has 0 atom stereocenters. The lowest BCUT2D eigenvalue weighted by Crippen LogP contribution is -2.24. The number of hydrogen-bond acceptors (Lipinski definition) is 2. The van der Waals surface area contributed by atoms with E-state index in [2.05, 4.69) is 48.3 Å². The van der Waals surface area contributed by atoms with Crippen LogP contribution in [-0.4, -0.2) is 12.3 Å². The van der Waals surface area contributed by atoms with E-state index in [1.54, 1.807) is 0 Å². The van der Waals surface area contributed by atoms with Crippen LogP contribution in [0.15, 0.2) is 24.3 Å². The molecule has 14 heavy (non-hydrogen) atoms. The second-order valence-electron chi connectivity index (χ2n) is 3.50. The van der Waals surface area contributed by atoms with E-state index in [0.717, 1.165) is 25.3 Å². The van der Waals surface area contributed by atoms with Crippen molar-refractivity contribution >= 4 is 18.7 Å². The molecule has 0 saturated heterocycles. The molecule has 1 aliphatic heterocycles. The quantitative estimate of drug-likeness (QED) is 0.706. The highest BCUT2D eigenvalue weighted by atomic mass is 32.1. The van der Waals surface area contributed by atoms with Crippen LogP contribution in [0.1, 0.15) is 16.7 Å². The third-order valence-electron chi connectivity index (χ3n) is 2.58. The van der Waals surface area contributed by atoms with Gasteiger partial charge >= 0.3 is 0 Å². The first-order valence-corrected chi connectivity index (χ1v) is 5.64. The standard InChI is InChI=1S/C12H15NS/c14-8-2-5-10-3-1-4-11-9-13-7-6-12(10)11/h1-5,13-14H,6-9H2. The van der Waals surface area contributed by atoms with Crippen LogP contribution in [0.25, 0.3) is 6.08 Å². The summed E-state index contributed by atoms with van der Waals surface area (Å²) in [6, 6.07) is 6.52. The highest BCUT2D eigenvalue weighted by molar-refractivity contribution is 7.80. The Bertz CT molecular complexity index is 344. The topological polar surface area (TPSA) is 12.0 Å².